The van der Waals surface area contributed by atoms with Gasteiger partial charge in [0.1, 0.15) is 10.7 Å². The number of carbonyl (C=O) groups excluding carboxylic acids is 2. The summed E-state index contributed by atoms with van der Waals surface area (Å²) in [6.45, 7) is 0. The van der Waals surface area contributed by atoms with Gasteiger partial charge >= 0.3 is 0 Å². The molecule has 0 spiro atoms. The first-order valence-electron chi connectivity index (χ1n) is 4.26. The molecule has 0 fully saturated rings. The molecule has 0 aliphatic carbocycles. The van der Waals surface area contributed by atoms with Crippen molar-refractivity contribution in [3.8, 4) is 0 Å². The van der Waals surface area contributed by atoms with Crippen LogP contribution in [0.25, 0.3) is 0 Å². The van der Waals surface area contributed by atoms with E-state index in [0.717, 1.165) is 0 Å². The molecule has 0 saturated carbocycles. The van der Waals surface area contributed by atoms with E-state index < -0.39 is 11.9 Å². The van der Waals surface area contributed by atoms with Crippen molar-refractivity contribution >= 4 is 23.2 Å². The molecule has 0 aliphatic rings. The lowest BCUT2D eigenvalue weighted by molar-refractivity contribution is -0.120. The fourth-order valence-electron chi connectivity index (χ4n) is 0.960. The van der Waals surface area contributed by atoms with Crippen LogP contribution >= 0.6 is 11.3 Å². The van der Waals surface area contributed by atoms with Crippen LogP contribution in [0.1, 0.15) is 28.0 Å². The Morgan fingerprint density at radius 1 is 1.67 bits per heavy atom. The smallest absolute Gasteiger partial charge is 0.268 e. The van der Waals surface area contributed by atoms with Gasteiger partial charge in [-0.3, -0.25) is 9.59 Å². The summed E-state index contributed by atoms with van der Waals surface area (Å²) in [7, 11) is 1.53. The largest absolute Gasteiger partial charge is 0.364 e. The molecule has 1 heterocycles. The number of nitrogens with two attached hydrogens (primary N) is 2. The van der Waals surface area contributed by atoms with Crippen LogP contribution in [0, 0.1) is 0 Å². The second-order valence-corrected chi connectivity index (χ2v) is 3.81. The zero-order valence-corrected chi connectivity index (χ0v) is 9.00. The minimum absolute atomic E-state index is 0.141. The third kappa shape index (κ3) is 3.00. The number of nitrogens with one attached hydrogen (secondary N) is 1. The Hall–Kier alpha value is -1.47. The number of carbonyl (C=O) groups is 2. The van der Waals surface area contributed by atoms with Crippen LogP contribution < -0.4 is 16.8 Å². The Kier molecular flexibility index (Phi) is 3.75. The molecule has 6 nitrogen and oxygen atoms in total. The SMILES string of the molecule is CNC(=O)C[C@H](N)c1nc(C(N)=O)cs1. The van der Waals surface area contributed by atoms with E-state index in [1.165, 1.54) is 23.8 Å². The second-order valence-electron chi connectivity index (χ2n) is 2.92. The van der Waals surface area contributed by atoms with Crippen molar-refractivity contribution in [2.45, 2.75) is 12.5 Å². The first kappa shape index (κ1) is 11.6. The van der Waals surface area contributed by atoms with Crippen molar-refractivity contribution in [2.24, 2.45) is 11.5 Å². The van der Waals surface area contributed by atoms with Crippen molar-refractivity contribution in [3.63, 3.8) is 0 Å². The zero-order chi connectivity index (χ0) is 11.4. The monoisotopic (exact) mass is 228 g/mol. The highest BCUT2D eigenvalue weighted by Gasteiger charge is 2.15. The van der Waals surface area contributed by atoms with Gasteiger partial charge in [-0.1, -0.05) is 0 Å². The van der Waals surface area contributed by atoms with E-state index in [1.54, 1.807) is 0 Å². The first-order chi connectivity index (χ1) is 7.04. The molecule has 0 aliphatic heterocycles. The maximum atomic E-state index is 11.0. The van der Waals surface area contributed by atoms with Gasteiger partial charge in [-0.05, 0) is 0 Å². The molecule has 15 heavy (non-hydrogen) atoms. The van der Waals surface area contributed by atoms with Crippen LogP contribution in [0.2, 0.25) is 0 Å². The Bertz CT molecular complexity index is 376. The normalized spacial score (nSPS) is 12.1. The van der Waals surface area contributed by atoms with Crippen LogP contribution in [0.5, 0.6) is 0 Å². The van der Waals surface area contributed by atoms with Gasteiger partial charge in [0, 0.05) is 18.8 Å². The fraction of sp³-hybridized carbons (Fsp3) is 0.375. The van der Waals surface area contributed by atoms with Gasteiger partial charge in [0.15, 0.2) is 0 Å². The van der Waals surface area contributed by atoms with Crippen LogP contribution in [0.4, 0.5) is 0 Å². The molecule has 1 aromatic rings. The van der Waals surface area contributed by atoms with Crippen LogP contribution in [-0.4, -0.2) is 23.8 Å². The lowest BCUT2D eigenvalue weighted by Crippen LogP contribution is -2.24. The average molecular weight is 228 g/mol. The Balaban J connectivity index is 2.69. The van der Waals surface area contributed by atoms with Gasteiger partial charge in [-0.2, -0.15) is 0 Å². The van der Waals surface area contributed by atoms with E-state index in [0.29, 0.717) is 5.01 Å². The summed E-state index contributed by atoms with van der Waals surface area (Å²) in [5.74, 6) is -0.761. The highest BCUT2D eigenvalue weighted by molar-refractivity contribution is 7.09. The third-order valence-corrected chi connectivity index (χ3v) is 2.75. The summed E-state index contributed by atoms with van der Waals surface area (Å²) in [6.07, 6.45) is 0.141. The highest BCUT2D eigenvalue weighted by atomic mass is 32.1. The van der Waals surface area contributed by atoms with E-state index >= 15 is 0 Å². The summed E-state index contributed by atoms with van der Waals surface area (Å²) in [4.78, 5) is 25.7. The van der Waals surface area contributed by atoms with Gasteiger partial charge in [0.25, 0.3) is 5.91 Å². The van der Waals surface area contributed by atoms with E-state index in [-0.39, 0.29) is 18.0 Å². The minimum atomic E-state index is -0.593. The molecule has 0 aromatic carbocycles. The Labute approximate surface area is 90.7 Å². The summed E-state index contributed by atoms with van der Waals surface area (Å²) in [6, 6.07) is -0.497. The topological polar surface area (TPSA) is 111 Å². The number of amides is 2. The number of aromatic nitrogens is 1. The lowest BCUT2D eigenvalue weighted by Gasteiger charge is -2.06. The summed E-state index contributed by atoms with van der Waals surface area (Å²) >= 11 is 1.22. The Morgan fingerprint density at radius 3 is 2.80 bits per heavy atom. The summed E-state index contributed by atoms with van der Waals surface area (Å²) in [5, 5.41) is 4.53. The molecule has 0 radical (unpaired) electrons. The van der Waals surface area contributed by atoms with Crippen molar-refractivity contribution in [1.82, 2.24) is 10.3 Å². The number of primary amides is 1. The number of hydrogen-bond donors (Lipinski definition) is 3. The maximum Gasteiger partial charge on any atom is 0.268 e. The van der Waals surface area contributed by atoms with E-state index in [4.69, 9.17) is 11.5 Å². The molecule has 0 unspecified atom stereocenters. The van der Waals surface area contributed by atoms with Gasteiger partial charge in [-0.25, -0.2) is 4.98 Å². The van der Waals surface area contributed by atoms with Crippen LogP contribution in [0.15, 0.2) is 5.38 Å². The third-order valence-electron chi connectivity index (χ3n) is 1.78. The predicted molar refractivity (Wildman–Crippen MR) is 56.2 cm³/mol. The van der Waals surface area contributed by atoms with Gasteiger partial charge in [-0.15, -0.1) is 11.3 Å². The van der Waals surface area contributed by atoms with Crippen LogP contribution in [0.3, 0.4) is 0 Å². The molecule has 0 saturated heterocycles. The van der Waals surface area contributed by atoms with Gasteiger partial charge < -0.3 is 16.8 Å². The van der Waals surface area contributed by atoms with Crippen molar-refractivity contribution in [3.05, 3.63) is 16.1 Å². The molecule has 0 bridgehead atoms. The first-order valence-corrected chi connectivity index (χ1v) is 5.14. The molecular weight excluding hydrogens is 216 g/mol. The van der Waals surface area contributed by atoms with E-state index in [1.807, 2.05) is 0 Å². The molecule has 1 rings (SSSR count). The molecular formula is C8H12N4O2S. The molecule has 82 valence electrons. The van der Waals surface area contributed by atoms with E-state index in [2.05, 4.69) is 10.3 Å². The molecule has 5 N–H and O–H groups in total. The highest BCUT2D eigenvalue weighted by Crippen LogP contribution is 2.18. The lowest BCUT2D eigenvalue weighted by atomic mass is 10.2. The maximum absolute atomic E-state index is 11.0. The van der Waals surface area contributed by atoms with Crippen molar-refractivity contribution < 1.29 is 9.59 Å². The molecule has 2 amide bonds. The fourth-order valence-corrected chi connectivity index (χ4v) is 1.77. The standard InChI is InChI=1S/C8H12N4O2S/c1-11-6(13)2-4(9)8-12-5(3-15-8)7(10)14/h3-4H,2,9H2,1H3,(H2,10,14)(H,11,13)/t4-/m0/s1. The number of hydrogen-bond acceptors (Lipinski definition) is 5. The number of thiazole rings is 1. The van der Waals surface area contributed by atoms with Crippen molar-refractivity contribution in [1.29, 1.82) is 0 Å². The van der Waals surface area contributed by atoms with Gasteiger partial charge in [0.05, 0.1) is 6.04 Å². The average Bonchev–Trinajstić information content (AvgIpc) is 2.66. The zero-order valence-electron chi connectivity index (χ0n) is 8.19. The minimum Gasteiger partial charge on any atom is -0.364 e. The van der Waals surface area contributed by atoms with Gasteiger partial charge in [0.2, 0.25) is 5.91 Å². The predicted octanol–water partition coefficient (Wildman–Crippen LogP) is -0.622. The summed E-state index contributed by atoms with van der Waals surface area (Å²) in [5.41, 5.74) is 10.9. The Morgan fingerprint density at radius 2 is 2.33 bits per heavy atom. The quantitative estimate of drug-likeness (QED) is 0.637. The molecule has 1 atom stereocenters. The van der Waals surface area contributed by atoms with Crippen molar-refractivity contribution in [2.75, 3.05) is 7.05 Å². The summed E-state index contributed by atoms with van der Waals surface area (Å²) < 4.78 is 0. The molecule has 1 aromatic heterocycles. The molecule has 7 heteroatoms. The second kappa shape index (κ2) is 4.85. The number of nitrogens with zero attached hydrogens (tertiary/aromatic N) is 1. The van der Waals surface area contributed by atoms with Crippen LogP contribution in [-0.2, 0) is 4.79 Å². The van der Waals surface area contributed by atoms with E-state index in [9.17, 15) is 9.59 Å². The number of rotatable bonds is 4.